The van der Waals surface area contributed by atoms with Crippen molar-refractivity contribution in [3.05, 3.63) is 78.6 Å². The summed E-state index contributed by atoms with van der Waals surface area (Å²) in [6.07, 6.45) is 1.24. The Bertz CT molecular complexity index is 1100. The predicted octanol–water partition coefficient (Wildman–Crippen LogP) is 0.761. The second kappa shape index (κ2) is 5.54. The second-order valence-electron chi connectivity index (χ2n) is 5.05. The molecule has 0 radical (unpaired) electrons. The van der Waals surface area contributed by atoms with Crippen LogP contribution in [-0.2, 0) is 7.05 Å². The maximum atomic E-state index is 12.4. The van der Waals surface area contributed by atoms with E-state index >= 15 is 0 Å². The lowest BCUT2D eigenvalue weighted by atomic mass is 10.0. The number of hydrogen-bond donors (Lipinski definition) is 1. The fourth-order valence-corrected chi connectivity index (χ4v) is 2.21. The summed E-state index contributed by atoms with van der Waals surface area (Å²) in [5.74, 6) is -0.437. The number of carbonyl (C=O) groups is 1. The number of nitrogens with zero attached hydrogens (tertiary/aromatic N) is 3. The highest BCUT2D eigenvalue weighted by Gasteiger charge is 2.14. The zero-order valence-corrected chi connectivity index (χ0v) is 12.3. The van der Waals surface area contributed by atoms with Gasteiger partial charge < -0.3 is 0 Å². The average molecular weight is 326 g/mol. The first kappa shape index (κ1) is 15.3. The summed E-state index contributed by atoms with van der Waals surface area (Å²) in [4.78, 5) is 52.5. The van der Waals surface area contributed by atoms with Gasteiger partial charge in [0.1, 0.15) is 5.65 Å². The van der Waals surface area contributed by atoms with Crippen LogP contribution in [0.2, 0.25) is 0 Å². The van der Waals surface area contributed by atoms with Gasteiger partial charge in [0, 0.05) is 36.5 Å². The van der Waals surface area contributed by atoms with Crippen LogP contribution in [0.1, 0.15) is 15.9 Å². The van der Waals surface area contributed by atoms with Crippen molar-refractivity contribution in [1.82, 2.24) is 14.5 Å². The van der Waals surface area contributed by atoms with E-state index in [9.17, 15) is 24.5 Å². The normalized spacial score (nSPS) is 10.7. The number of pyridine rings is 1. The number of rotatable bonds is 3. The lowest BCUT2D eigenvalue weighted by Gasteiger charge is -2.04. The number of ketones is 1. The van der Waals surface area contributed by atoms with Crippen molar-refractivity contribution < 1.29 is 9.72 Å². The molecule has 0 saturated heterocycles. The first-order valence-corrected chi connectivity index (χ1v) is 6.76. The molecule has 1 N–H and O–H groups in total. The van der Waals surface area contributed by atoms with Crippen molar-refractivity contribution in [1.29, 1.82) is 0 Å². The van der Waals surface area contributed by atoms with E-state index in [1.807, 2.05) is 0 Å². The van der Waals surface area contributed by atoms with E-state index in [4.69, 9.17) is 0 Å². The summed E-state index contributed by atoms with van der Waals surface area (Å²) in [5, 5.41) is 10.7. The Balaban J connectivity index is 2.09. The van der Waals surface area contributed by atoms with Crippen LogP contribution in [0.4, 0.5) is 5.69 Å². The molecule has 0 atom stereocenters. The predicted molar refractivity (Wildman–Crippen MR) is 84.1 cm³/mol. The summed E-state index contributed by atoms with van der Waals surface area (Å²) in [6, 6.07) is 6.44. The lowest BCUT2D eigenvalue weighted by Crippen LogP contribution is -2.32. The van der Waals surface area contributed by atoms with Crippen LogP contribution < -0.4 is 11.2 Å². The molecule has 0 amide bonds. The van der Waals surface area contributed by atoms with Crippen molar-refractivity contribution in [3.63, 3.8) is 0 Å². The van der Waals surface area contributed by atoms with Crippen LogP contribution in [0.25, 0.3) is 11.0 Å². The molecular weight excluding hydrogens is 316 g/mol. The summed E-state index contributed by atoms with van der Waals surface area (Å²) < 4.78 is 0.879. The van der Waals surface area contributed by atoms with E-state index < -0.39 is 22.0 Å². The highest BCUT2D eigenvalue weighted by molar-refractivity contribution is 6.10. The largest absolute Gasteiger partial charge is 0.329 e. The van der Waals surface area contributed by atoms with Crippen LogP contribution in [-0.4, -0.2) is 25.2 Å². The maximum absolute atomic E-state index is 12.4. The van der Waals surface area contributed by atoms with Crippen molar-refractivity contribution in [2.24, 2.45) is 7.05 Å². The Labute approximate surface area is 133 Å². The van der Waals surface area contributed by atoms with E-state index in [1.165, 1.54) is 43.6 Å². The highest BCUT2D eigenvalue weighted by atomic mass is 16.6. The molecule has 0 bridgehead atoms. The van der Waals surface area contributed by atoms with Crippen LogP contribution in [0.3, 0.4) is 0 Å². The van der Waals surface area contributed by atoms with E-state index in [-0.39, 0.29) is 27.8 Å². The fraction of sp³-hybridized carbons (Fsp3) is 0.0667. The molecule has 24 heavy (non-hydrogen) atoms. The number of non-ortho nitro benzene ring substituents is 1. The number of aromatic amines is 1. The third-order valence-electron chi connectivity index (χ3n) is 3.56. The Morgan fingerprint density at radius 2 is 1.88 bits per heavy atom. The van der Waals surface area contributed by atoms with Gasteiger partial charge >= 0.3 is 5.69 Å². The summed E-state index contributed by atoms with van der Waals surface area (Å²) in [5.41, 5.74) is -0.851. The van der Waals surface area contributed by atoms with Gasteiger partial charge in [0.15, 0.2) is 5.78 Å². The van der Waals surface area contributed by atoms with Crippen molar-refractivity contribution in [3.8, 4) is 0 Å². The molecule has 0 aliphatic carbocycles. The zero-order chi connectivity index (χ0) is 17.4. The molecule has 2 heterocycles. The molecule has 9 nitrogen and oxygen atoms in total. The van der Waals surface area contributed by atoms with E-state index in [0.29, 0.717) is 0 Å². The maximum Gasteiger partial charge on any atom is 0.329 e. The Morgan fingerprint density at radius 3 is 2.50 bits per heavy atom. The molecule has 3 rings (SSSR count). The van der Waals surface area contributed by atoms with Gasteiger partial charge in [0.05, 0.1) is 10.3 Å². The molecule has 1 aromatic carbocycles. The SMILES string of the molecule is Cn1c(=O)[nH]c2ncc(C(=O)c3ccc([N+](=O)[O-])cc3)cc2c1=O. The van der Waals surface area contributed by atoms with Crippen molar-refractivity contribution in [2.75, 3.05) is 0 Å². The van der Waals surface area contributed by atoms with Gasteiger partial charge in [0.2, 0.25) is 0 Å². The number of benzene rings is 1. The topological polar surface area (TPSA) is 128 Å². The number of nitro groups is 1. The standard InChI is InChI=1S/C15H10N4O5/c1-18-14(21)11-6-9(7-16-13(11)17-15(18)22)12(20)8-2-4-10(5-3-8)19(23)24/h2-7H,1H3,(H,16,17,22). The molecule has 0 aliphatic heterocycles. The third-order valence-corrected chi connectivity index (χ3v) is 3.56. The minimum Gasteiger partial charge on any atom is -0.291 e. The fourth-order valence-electron chi connectivity index (χ4n) is 2.21. The molecule has 0 unspecified atom stereocenters. The molecule has 120 valence electrons. The van der Waals surface area contributed by atoms with Crippen LogP contribution in [0.5, 0.6) is 0 Å². The van der Waals surface area contributed by atoms with Crippen molar-refractivity contribution in [2.45, 2.75) is 0 Å². The Kier molecular flexibility index (Phi) is 3.53. The van der Waals surface area contributed by atoms with Gasteiger partial charge in [-0.25, -0.2) is 9.78 Å². The molecule has 2 aromatic heterocycles. The number of fused-ring (bicyclic) bond motifs is 1. The van der Waals surface area contributed by atoms with Gasteiger partial charge in [-0.3, -0.25) is 29.3 Å². The Morgan fingerprint density at radius 1 is 1.21 bits per heavy atom. The molecule has 0 aliphatic rings. The van der Waals surface area contributed by atoms with E-state index in [2.05, 4.69) is 9.97 Å². The number of carbonyl (C=O) groups excluding carboxylic acids is 1. The van der Waals surface area contributed by atoms with Crippen LogP contribution in [0.15, 0.2) is 46.1 Å². The minimum absolute atomic E-state index is 0.0864. The lowest BCUT2D eigenvalue weighted by molar-refractivity contribution is -0.384. The average Bonchev–Trinajstić information content (AvgIpc) is 2.59. The Hall–Kier alpha value is -3.62. The monoisotopic (exact) mass is 326 g/mol. The van der Waals surface area contributed by atoms with Gasteiger partial charge in [-0.05, 0) is 18.2 Å². The molecule has 0 saturated carbocycles. The number of aromatic nitrogens is 3. The van der Waals surface area contributed by atoms with Gasteiger partial charge in [0.25, 0.3) is 11.2 Å². The van der Waals surface area contributed by atoms with Crippen LogP contribution >= 0.6 is 0 Å². The molecular formula is C15H10N4O5. The molecule has 9 heteroatoms. The number of H-pyrrole nitrogens is 1. The third kappa shape index (κ3) is 2.47. The minimum atomic E-state index is -0.602. The highest BCUT2D eigenvalue weighted by Crippen LogP contribution is 2.16. The molecule has 3 aromatic rings. The van der Waals surface area contributed by atoms with Gasteiger partial charge in [-0.1, -0.05) is 0 Å². The number of hydrogen-bond acceptors (Lipinski definition) is 6. The first-order valence-electron chi connectivity index (χ1n) is 6.76. The smallest absolute Gasteiger partial charge is 0.291 e. The van der Waals surface area contributed by atoms with Gasteiger partial charge in [-0.2, -0.15) is 0 Å². The first-order chi connectivity index (χ1) is 11.4. The summed E-state index contributed by atoms with van der Waals surface area (Å²) in [7, 11) is 1.31. The van der Waals surface area contributed by atoms with E-state index in [0.717, 1.165) is 4.57 Å². The van der Waals surface area contributed by atoms with E-state index in [1.54, 1.807) is 0 Å². The van der Waals surface area contributed by atoms with Crippen molar-refractivity contribution >= 4 is 22.5 Å². The summed E-state index contributed by atoms with van der Waals surface area (Å²) in [6.45, 7) is 0. The summed E-state index contributed by atoms with van der Waals surface area (Å²) >= 11 is 0. The zero-order valence-electron chi connectivity index (χ0n) is 12.3. The second-order valence-corrected chi connectivity index (χ2v) is 5.05. The number of nitrogens with one attached hydrogen (secondary N) is 1. The molecule has 0 fully saturated rings. The van der Waals surface area contributed by atoms with Crippen LogP contribution in [0, 0.1) is 10.1 Å². The number of nitro benzene ring substituents is 1. The quantitative estimate of drug-likeness (QED) is 0.430. The van der Waals surface area contributed by atoms with Gasteiger partial charge in [-0.15, -0.1) is 0 Å². The molecule has 0 spiro atoms.